The van der Waals surface area contributed by atoms with Crippen molar-refractivity contribution in [3.05, 3.63) is 22.9 Å². The summed E-state index contributed by atoms with van der Waals surface area (Å²) < 4.78 is 6.82. The van der Waals surface area contributed by atoms with Gasteiger partial charge in [-0.2, -0.15) is 0 Å². The summed E-state index contributed by atoms with van der Waals surface area (Å²) in [5.41, 5.74) is 0. The lowest BCUT2D eigenvalue weighted by Crippen LogP contribution is -2.33. The van der Waals surface area contributed by atoms with Crippen molar-refractivity contribution in [1.29, 1.82) is 0 Å². The van der Waals surface area contributed by atoms with E-state index in [1.54, 1.807) is 12.4 Å². The summed E-state index contributed by atoms with van der Waals surface area (Å²) >= 11 is 3.39. The lowest BCUT2D eigenvalue weighted by atomic mass is 10.2. The molecule has 0 saturated carbocycles. The number of halogens is 1. The van der Waals surface area contributed by atoms with Crippen LogP contribution in [0.15, 0.2) is 22.9 Å². The Labute approximate surface area is 112 Å². The van der Waals surface area contributed by atoms with E-state index >= 15 is 0 Å². The van der Waals surface area contributed by atoms with Crippen LogP contribution >= 0.6 is 15.9 Å². The van der Waals surface area contributed by atoms with Gasteiger partial charge in [-0.05, 0) is 40.9 Å². The number of rotatable bonds is 7. The van der Waals surface area contributed by atoms with Gasteiger partial charge in [-0.25, -0.2) is 0 Å². The fourth-order valence-corrected chi connectivity index (χ4v) is 1.80. The third-order valence-electron chi connectivity index (χ3n) is 2.36. The van der Waals surface area contributed by atoms with Gasteiger partial charge in [-0.1, -0.05) is 20.8 Å². The Bertz CT molecular complexity index is 331. The highest BCUT2D eigenvalue weighted by atomic mass is 79.9. The van der Waals surface area contributed by atoms with Crippen molar-refractivity contribution in [2.24, 2.45) is 5.92 Å². The zero-order valence-electron chi connectivity index (χ0n) is 10.7. The van der Waals surface area contributed by atoms with Crippen LogP contribution in [0.3, 0.4) is 0 Å². The molecule has 0 amide bonds. The summed E-state index contributed by atoms with van der Waals surface area (Å²) in [6.45, 7) is 8.44. The Morgan fingerprint density at radius 1 is 1.35 bits per heavy atom. The summed E-state index contributed by atoms with van der Waals surface area (Å²) in [5, 5.41) is 3.41. The van der Waals surface area contributed by atoms with Crippen LogP contribution < -0.4 is 10.1 Å². The smallest absolute Gasteiger partial charge is 0.139 e. The van der Waals surface area contributed by atoms with Crippen molar-refractivity contribution in [2.75, 3.05) is 13.1 Å². The number of aromatic nitrogens is 1. The minimum atomic E-state index is 0.199. The molecule has 0 saturated heterocycles. The van der Waals surface area contributed by atoms with Crippen molar-refractivity contribution in [2.45, 2.75) is 33.3 Å². The van der Waals surface area contributed by atoms with Crippen LogP contribution in [0.5, 0.6) is 5.75 Å². The topological polar surface area (TPSA) is 34.1 Å². The van der Waals surface area contributed by atoms with Crippen molar-refractivity contribution in [1.82, 2.24) is 10.3 Å². The molecule has 1 atom stereocenters. The van der Waals surface area contributed by atoms with Crippen molar-refractivity contribution in [3.8, 4) is 5.75 Å². The first-order chi connectivity index (χ1) is 8.11. The summed E-state index contributed by atoms with van der Waals surface area (Å²) in [6.07, 6.45) is 4.68. The minimum absolute atomic E-state index is 0.199. The van der Waals surface area contributed by atoms with Crippen LogP contribution in [-0.4, -0.2) is 24.2 Å². The lowest BCUT2D eigenvalue weighted by Gasteiger charge is -2.18. The monoisotopic (exact) mass is 300 g/mol. The third-order valence-corrected chi connectivity index (χ3v) is 2.80. The second kappa shape index (κ2) is 7.67. The van der Waals surface area contributed by atoms with Gasteiger partial charge in [0.1, 0.15) is 11.9 Å². The Morgan fingerprint density at radius 3 is 2.71 bits per heavy atom. The highest BCUT2D eigenvalue weighted by molar-refractivity contribution is 9.10. The molecule has 1 rings (SSSR count). The number of nitrogens with zero attached hydrogens (tertiary/aromatic N) is 1. The summed E-state index contributed by atoms with van der Waals surface area (Å²) in [6, 6.07) is 1.94. The summed E-state index contributed by atoms with van der Waals surface area (Å²) in [7, 11) is 0. The van der Waals surface area contributed by atoms with Gasteiger partial charge in [0.25, 0.3) is 0 Å². The highest BCUT2D eigenvalue weighted by Crippen LogP contribution is 2.17. The molecule has 0 aliphatic carbocycles. The van der Waals surface area contributed by atoms with E-state index in [9.17, 15) is 0 Å². The Balaban J connectivity index is 2.41. The van der Waals surface area contributed by atoms with E-state index in [1.807, 2.05) is 6.07 Å². The zero-order valence-corrected chi connectivity index (χ0v) is 12.3. The number of hydrogen-bond acceptors (Lipinski definition) is 3. The predicted octanol–water partition coefficient (Wildman–Crippen LogP) is 3.25. The summed E-state index contributed by atoms with van der Waals surface area (Å²) in [5.74, 6) is 1.48. The van der Waals surface area contributed by atoms with Crippen molar-refractivity contribution in [3.63, 3.8) is 0 Å². The molecule has 0 aromatic carbocycles. The van der Waals surface area contributed by atoms with Gasteiger partial charge in [-0.3, -0.25) is 4.98 Å². The molecular weight excluding hydrogens is 280 g/mol. The van der Waals surface area contributed by atoms with Gasteiger partial charge < -0.3 is 10.1 Å². The zero-order chi connectivity index (χ0) is 12.7. The molecule has 1 aromatic rings. The van der Waals surface area contributed by atoms with Gasteiger partial charge >= 0.3 is 0 Å². The fraction of sp³-hybridized carbons (Fsp3) is 0.615. The first-order valence-corrected chi connectivity index (χ1v) is 6.89. The van der Waals surface area contributed by atoms with Crippen molar-refractivity contribution < 1.29 is 4.74 Å². The van der Waals surface area contributed by atoms with E-state index < -0.39 is 0 Å². The quantitative estimate of drug-likeness (QED) is 0.839. The normalized spacial score (nSPS) is 12.8. The van der Waals surface area contributed by atoms with Crippen LogP contribution in [0.4, 0.5) is 0 Å². The van der Waals surface area contributed by atoms with E-state index in [-0.39, 0.29) is 6.10 Å². The maximum absolute atomic E-state index is 5.87. The molecule has 1 unspecified atom stereocenters. The van der Waals surface area contributed by atoms with Crippen LogP contribution in [0.1, 0.15) is 27.2 Å². The van der Waals surface area contributed by atoms with E-state index in [0.717, 1.165) is 29.7 Å². The first kappa shape index (κ1) is 14.5. The van der Waals surface area contributed by atoms with Gasteiger partial charge in [0, 0.05) is 17.2 Å². The number of nitrogens with one attached hydrogen (secondary N) is 1. The second-order valence-electron chi connectivity index (χ2n) is 4.54. The molecule has 0 aliphatic heterocycles. The molecule has 1 heterocycles. The maximum atomic E-state index is 5.87. The van der Waals surface area contributed by atoms with Crippen LogP contribution in [-0.2, 0) is 0 Å². The first-order valence-electron chi connectivity index (χ1n) is 6.09. The third kappa shape index (κ3) is 6.03. The maximum Gasteiger partial charge on any atom is 0.139 e. The molecule has 0 radical (unpaired) electrons. The highest BCUT2D eigenvalue weighted by Gasteiger charge is 2.08. The van der Waals surface area contributed by atoms with Gasteiger partial charge in [0.15, 0.2) is 0 Å². The van der Waals surface area contributed by atoms with Gasteiger partial charge in [0.05, 0.1) is 6.20 Å². The number of pyridine rings is 1. The molecule has 0 bridgehead atoms. The van der Waals surface area contributed by atoms with Gasteiger partial charge in [0.2, 0.25) is 0 Å². The molecule has 0 spiro atoms. The van der Waals surface area contributed by atoms with Crippen LogP contribution in [0.25, 0.3) is 0 Å². The SMILES string of the molecule is CCC(CNCC(C)C)Oc1cncc(Br)c1. The van der Waals surface area contributed by atoms with E-state index in [1.165, 1.54) is 0 Å². The van der Waals surface area contributed by atoms with E-state index in [4.69, 9.17) is 4.74 Å². The molecular formula is C13H21BrN2O. The lowest BCUT2D eigenvalue weighted by molar-refractivity contribution is 0.191. The predicted molar refractivity (Wildman–Crippen MR) is 74.4 cm³/mol. The molecule has 96 valence electrons. The molecule has 0 fully saturated rings. The average Bonchev–Trinajstić information content (AvgIpc) is 2.27. The average molecular weight is 301 g/mol. The van der Waals surface area contributed by atoms with Crippen molar-refractivity contribution >= 4 is 15.9 Å². The molecule has 3 nitrogen and oxygen atoms in total. The Morgan fingerprint density at radius 2 is 2.12 bits per heavy atom. The fourth-order valence-electron chi connectivity index (χ4n) is 1.45. The molecule has 17 heavy (non-hydrogen) atoms. The Hall–Kier alpha value is -0.610. The summed E-state index contributed by atoms with van der Waals surface area (Å²) in [4.78, 5) is 4.09. The molecule has 4 heteroatoms. The second-order valence-corrected chi connectivity index (χ2v) is 5.45. The number of hydrogen-bond donors (Lipinski definition) is 1. The van der Waals surface area contributed by atoms with E-state index in [0.29, 0.717) is 5.92 Å². The van der Waals surface area contributed by atoms with E-state index in [2.05, 4.69) is 47.0 Å². The molecule has 1 aromatic heterocycles. The van der Waals surface area contributed by atoms with Gasteiger partial charge in [-0.15, -0.1) is 0 Å². The van der Waals surface area contributed by atoms with Crippen LogP contribution in [0.2, 0.25) is 0 Å². The molecule has 1 N–H and O–H groups in total. The minimum Gasteiger partial charge on any atom is -0.487 e. The largest absolute Gasteiger partial charge is 0.487 e. The number of ether oxygens (including phenoxy) is 1. The standard InChI is InChI=1S/C13H21BrN2O/c1-4-12(8-15-6-10(2)3)17-13-5-11(14)7-16-9-13/h5,7,9-10,12,15H,4,6,8H2,1-3H3. The Kier molecular flexibility index (Phi) is 6.52. The molecule has 0 aliphatic rings. The van der Waals surface area contributed by atoms with Crippen LogP contribution in [0, 0.1) is 5.92 Å².